The van der Waals surface area contributed by atoms with E-state index in [-0.39, 0.29) is 11.4 Å². The minimum absolute atomic E-state index is 0.126. The summed E-state index contributed by atoms with van der Waals surface area (Å²) in [7, 11) is 0. The molecular weight excluding hydrogens is 434 g/mol. The van der Waals surface area contributed by atoms with Crippen molar-refractivity contribution in [2.24, 2.45) is 0 Å². The van der Waals surface area contributed by atoms with E-state index in [4.69, 9.17) is 4.74 Å². The van der Waals surface area contributed by atoms with Crippen LogP contribution < -0.4 is 4.74 Å². The molecule has 1 N–H and O–H groups in total. The van der Waals surface area contributed by atoms with Crippen LogP contribution in [0.15, 0.2) is 83.4 Å². The number of aliphatic hydroxyl groups is 1. The van der Waals surface area contributed by atoms with Crippen LogP contribution >= 0.6 is 11.3 Å². The van der Waals surface area contributed by atoms with Gasteiger partial charge in [-0.05, 0) is 47.5 Å². The summed E-state index contributed by atoms with van der Waals surface area (Å²) in [6.45, 7) is 3.08. The number of hydrogen-bond acceptors (Lipinski definition) is 5. The molecule has 1 unspecified atom stereocenters. The Kier molecular flexibility index (Phi) is 7.25. The minimum atomic E-state index is -0.675. The molecule has 0 saturated heterocycles. The van der Waals surface area contributed by atoms with Crippen LogP contribution in [0.2, 0.25) is 0 Å². The molecule has 0 bridgehead atoms. The number of unbranched alkanes of at least 4 members (excludes halogenated alkanes) is 1. The van der Waals surface area contributed by atoms with Gasteiger partial charge >= 0.3 is 0 Å². The lowest BCUT2D eigenvalue weighted by Gasteiger charge is -2.27. The molecule has 4 rings (SSSR count). The number of carbonyl (C=O) groups excluding carboxylic acids is 2. The molecule has 1 atom stereocenters. The van der Waals surface area contributed by atoms with Crippen LogP contribution in [-0.4, -0.2) is 34.8 Å². The Hall–Kier alpha value is -3.38. The first-order valence-electron chi connectivity index (χ1n) is 11.2. The van der Waals surface area contributed by atoms with Crippen molar-refractivity contribution in [3.63, 3.8) is 0 Å². The minimum Gasteiger partial charge on any atom is -0.503 e. The number of hydrogen-bond donors (Lipinski definition) is 1. The van der Waals surface area contributed by atoms with Crippen LogP contribution in [0.1, 0.15) is 46.6 Å². The number of ketones is 1. The topological polar surface area (TPSA) is 66.8 Å². The van der Waals surface area contributed by atoms with Crippen LogP contribution in [0.5, 0.6) is 5.75 Å². The fraction of sp³-hybridized carbons (Fsp3) is 0.259. The van der Waals surface area contributed by atoms with Gasteiger partial charge in [-0.3, -0.25) is 9.59 Å². The molecule has 0 aliphatic carbocycles. The molecule has 2 heterocycles. The summed E-state index contributed by atoms with van der Waals surface area (Å²) >= 11 is 1.30. The molecule has 0 radical (unpaired) electrons. The molecular formula is C27H27NO4S. The van der Waals surface area contributed by atoms with Gasteiger partial charge in [0.2, 0.25) is 5.78 Å². The highest BCUT2D eigenvalue weighted by Crippen LogP contribution is 2.40. The summed E-state index contributed by atoms with van der Waals surface area (Å²) in [6, 6.07) is 20.2. The van der Waals surface area contributed by atoms with E-state index >= 15 is 0 Å². The lowest BCUT2D eigenvalue weighted by Crippen LogP contribution is -2.33. The van der Waals surface area contributed by atoms with Gasteiger partial charge in [-0.2, -0.15) is 0 Å². The monoisotopic (exact) mass is 461 g/mol. The molecule has 1 amide bonds. The second-order valence-corrected chi connectivity index (χ2v) is 8.93. The number of benzene rings is 2. The van der Waals surface area contributed by atoms with Crippen LogP contribution in [0.25, 0.3) is 0 Å². The second-order valence-electron chi connectivity index (χ2n) is 7.98. The largest absolute Gasteiger partial charge is 0.503 e. The summed E-state index contributed by atoms with van der Waals surface area (Å²) < 4.78 is 5.87. The van der Waals surface area contributed by atoms with Crippen molar-refractivity contribution < 1.29 is 19.4 Å². The molecule has 170 valence electrons. The second kappa shape index (κ2) is 10.5. The highest BCUT2D eigenvalue weighted by Gasteiger charge is 2.43. The summed E-state index contributed by atoms with van der Waals surface area (Å²) in [5.74, 6) is -0.622. The Morgan fingerprint density at radius 2 is 1.91 bits per heavy atom. The number of ether oxygens (including phenoxy) is 1. The SMILES string of the molecule is CCCCOc1cccc(C2C(C(=O)c3cccs3)=C(O)C(=O)N2CCc2ccccc2)c1. The van der Waals surface area contributed by atoms with E-state index in [0.29, 0.717) is 30.2 Å². The Morgan fingerprint density at radius 3 is 2.64 bits per heavy atom. The van der Waals surface area contributed by atoms with E-state index in [0.717, 1.165) is 24.0 Å². The maximum atomic E-state index is 13.3. The van der Waals surface area contributed by atoms with Crippen molar-refractivity contribution in [1.29, 1.82) is 0 Å². The van der Waals surface area contributed by atoms with E-state index in [9.17, 15) is 14.7 Å². The van der Waals surface area contributed by atoms with E-state index in [1.165, 1.54) is 11.3 Å². The number of rotatable bonds is 10. The Morgan fingerprint density at radius 1 is 1.09 bits per heavy atom. The normalized spacial score (nSPS) is 15.8. The Bertz CT molecular complexity index is 1140. The van der Waals surface area contributed by atoms with Crippen LogP contribution in [0.4, 0.5) is 0 Å². The fourth-order valence-corrected chi connectivity index (χ4v) is 4.68. The van der Waals surface area contributed by atoms with Gasteiger partial charge in [0.15, 0.2) is 5.76 Å². The fourth-order valence-electron chi connectivity index (χ4n) is 4.01. The number of carbonyl (C=O) groups is 2. The first kappa shape index (κ1) is 22.8. The summed E-state index contributed by atoms with van der Waals surface area (Å²) in [6.07, 6.45) is 2.59. The number of thiophene rings is 1. The third-order valence-electron chi connectivity index (χ3n) is 5.72. The highest BCUT2D eigenvalue weighted by atomic mass is 32.1. The zero-order valence-corrected chi connectivity index (χ0v) is 19.4. The van der Waals surface area contributed by atoms with E-state index < -0.39 is 17.7 Å². The van der Waals surface area contributed by atoms with Gasteiger partial charge in [0.1, 0.15) is 5.75 Å². The molecule has 0 fully saturated rings. The predicted molar refractivity (Wildman–Crippen MR) is 130 cm³/mol. The first-order chi connectivity index (χ1) is 16.1. The maximum absolute atomic E-state index is 13.3. The quantitative estimate of drug-likeness (QED) is 0.308. The zero-order chi connectivity index (χ0) is 23.2. The van der Waals surface area contributed by atoms with Crippen molar-refractivity contribution in [2.75, 3.05) is 13.2 Å². The van der Waals surface area contributed by atoms with Gasteiger partial charge in [0.05, 0.1) is 23.1 Å². The van der Waals surface area contributed by atoms with E-state index in [1.54, 1.807) is 17.0 Å². The first-order valence-corrected chi connectivity index (χ1v) is 12.1. The average molecular weight is 462 g/mol. The molecule has 1 aliphatic heterocycles. The lowest BCUT2D eigenvalue weighted by atomic mass is 9.95. The van der Waals surface area contributed by atoms with E-state index in [1.807, 2.05) is 60.0 Å². The number of amides is 1. The molecule has 33 heavy (non-hydrogen) atoms. The summed E-state index contributed by atoms with van der Waals surface area (Å²) in [5, 5.41) is 12.6. The van der Waals surface area contributed by atoms with Gasteiger partial charge in [0, 0.05) is 6.54 Å². The maximum Gasteiger partial charge on any atom is 0.290 e. The summed E-state index contributed by atoms with van der Waals surface area (Å²) in [5.41, 5.74) is 1.95. The van der Waals surface area contributed by atoms with Crippen LogP contribution in [0, 0.1) is 0 Å². The van der Waals surface area contributed by atoms with Gasteiger partial charge in [-0.15, -0.1) is 11.3 Å². The van der Waals surface area contributed by atoms with E-state index in [2.05, 4.69) is 6.92 Å². The molecule has 5 nitrogen and oxygen atoms in total. The molecule has 3 aromatic rings. The Labute approximate surface area is 197 Å². The Balaban J connectivity index is 1.69. The smallest absolute Gasteiger partial charge is 0.290 e. The van der Waals surface area contributed by atoms with Crippen molar-refractivity contribution in [1.82, 2.24) is 4.90 Å². The third-order valence-corrected chi connectivity index (χ3v) is 6.59. The standard InChI is InChI=1S/C27H27NO4S/c1-2-3-16-32-21-12-7-11-20(18-21)24-23(25(29)22-13-8-17-33-22)26(30)27(31)28(24)15-14-19-9-5-4-6-10-19/h4-13,17-18,24,30H,2-3,14-16H2,1H3. The highest BCUT2D eigenvalue weighted by molar-refractivity contribution is 7.12. The lowest BCUT2D eigenvalue weighted by molar-refractivity contribution is -0.129. The van der Waals surface area contributed by atoms with Gasteiger partial charge < -0.3 is 14.7 Å². The van der Waals surface area contributed by atoms with Gasteiger partial charge in [0.25, 0.3) is 5.91 Å². The van der Waals surface area contributed by atoms with Crippen LogP contribution in [0.3, 0.4) is 0 Å². The average Bonchev–Trinajstić information content (AvgIpc) is 3.46. The molecule has 0 spiro atoms. The summed E-state index contributed by atoms with van der Waals surface area (Å²) in [4.78, 5) is 28.6. The molecule has 2 aromatic carbocycles. The number of nitrogens with zero attached hydrogens (tertiary/aromatic N) is 1. The zero-order valence-electron chi connectivity index (χ0n) is 18.6. The number of Topliss-reactive ketones (excluding diaryl/α,β-unsaturated/α-hetero) is 1. The predicted octanol–water partition coefficient (Wildman–Crippen LogP) is 5.75. The van der Waals surface area contributed by atoms with Crippen molar-refractivity contribution in [3.8, 4) is 5.75 Å². The van der Waals surface area contributed by atoms with Gasteiger partial charge in [-0.1, -0.05) is 61.9 Å². The number of aliphatic hydroxyl groups excluding tert-OH is 1. The molecule has 1 aromatic heterocycles. The third kappa shape index (κ3) is 5.01. The van der Waals surface area contributed by atoms with Gasteiger partial charge in [-0.25, -0.2) is 0 Å². The molecule has 1 aliphatic rings. The van der Waals surface area contributed by atoms with Crippen LogP contribution in [-0.2, 0) is 11.2 Å². The molecule has 0 saturated carbocycles. The van der Waals surface area contributed by atoms with Crippen molar-refractivity contribution >= 4 is 23.0 Å². The molecule has 6 heteroatoms. The van der Waals surface area contributed by atoms with Crippen molar-refractivity contribution in [3.05, 3.63) is 99.4 Å². The van der Waals surface area contributed by atoms with Crippen molar-refractivity contribution in [2.45, 2.75) is 32.2 Å².